The number of hydrogen-bond donors (Lipinski definition) is 1. The Bertz CT molecular complexity index is 995. The van der Waals surface area contributed by atoms with Crippen molar-refractivity contribution < 1.29 is 4.92 Å². The van der Waals surface area contributed by atoms with Gasteiger partial charge in [-0.3, -0.25) is 15.5 Å². The molecule has 0 aliphatic carbocycles. The highest BCUT2D eigenvalue weighted by Gasteiger charge is 2.11. The van der Waals surface area contributed by atoms with Crippen LogP contribution in [0.25, 0.3) is 5.95 Å². The van der Waals surface area contributed by atoms with Gasteiger partial charge in [0.1, 0.15) is 0 Å². The second kappa shape index (κ2) is 7.09. The lowest BCUT2D eigenvalue weighted by Gasteiger charge is -2.06. The van der Waals surface area contributed by atoms with Crippen molar-refractivity contribution in [2.75, 3.05) is 5.43 Å². The molecule has 9 nitrogen and oxygen atoms in total. The number of nitrogens with one attached hydrogen (secondary N) is 1. The van der Waals surface area contributed by atoms with Crippen LogP contribution in [-0.4, -0.2) is 30.9 Å². The highest BCUT2D eigenvalue weighted by atomic mass is 16.6. The molecule has 3 rings (SSSR count). The lowest BCUT2D eigenvalue weighted by molar-refractivity contribution is -0.385. The number of nitro benzene ring substituents is 1. The van der Waals surface area contributed by atoms with Crippen molar-refractivity contribution in [3.8, 4) is 5.95 Å². The molecular weight excluding hydrogens is 334 g/mol. The first-order chi connectivity index (χ1) is 12.4. The molecule has 0 saturated heterocycles. The van der Waals surface area contributed by atoms with Gasteiger partial charge in [0.2, 0.25) is 0 Å². The van der Waals surface area contributed by atoms with Crippen LogP contribution in [0.5, 0.6) is 0 Å². The number of benzene rings is 1. The lowest BCUT2D eigenvalue weighted by atomic mass is 10.2. The van der Waals surface area contributed by atoms with E-state index in [0.29, 0.717) is 17.3 Å². The molecule has 0 atom stereocenters. The number of aryl methyl sites for hydroxylation is 3. The molecule has 1 aromatic carbocycles. The molecule has 132 valence electrons. The van der Waals surface area contributed by atoms with Crippen LogP contribution in [0.15, 0.2) is 41.5 Å². The Morgan fingerprint density at radius 2 is 1.92 bits per heavy atom. The minimum atomic E-state index is -0.447. The van der Waals surface area contributed by atoms with Gasteiger partial charge in [-0.1, -0.05) is 12.1 Å². The molecule has 0 bridgehead atoms. The van der Waals surface area contributed by atoms with Crippen molar-refractivity contribution in [2.24, 2.45) is 5.10 Å². The Morgan fingerprint density at radius 1 is 1.15 bits per heavy atom. The Kier molecular flexibility index (Phi) is 4.70. The van der Waals surface area contributed by atoms with Gasteiger partial charge in [0, 0.05) is 23.5 Å². The van der Waals surface area contributed by atoms with Gasteiger partial charge in [-0.15, -0.1) is 0 Å². The van der Waals surface area contributed by atoms with E-state index in [4.69, 9.17) is 0 Å². The zero-order chi connectivity index (χ0) is 18.7. The number of aromatic nitrogens is 4. The Labute approximate surface area is 149 Å². The molecule has 0 aliphatic rings. The molecule has 1 N–H and O–H groups in total. The first kappa shape index (κ1) is 17.2. The average molecular weight is 351 g/mol. The fourth-order valence-corrected chi connectivity index (χ4v) is 2.47. The molecule has 0 spiro atoms. The Morgan fingerprint density at radius 3 is 2.62 bits per heavy atom. The summed E-state index contributed by atoms with van der Waals surface area (Å²) in [6, 6.07) is 10.0. The van der Waals surface area contributed by atoms with Crippen LogP contribution in [0.2, 0.25) is 0 Å². The zero-order valence-corrected chi connectivity index (χ0v) is 14.5. The molecule has 26 heavy (non-hydrogen) atoms. The van der Waals surface area contributed by atoms with Crippen molar-refractivity contribution >= 4 is 17.7 Å². The van der Waals surface area contributed by atoms with Gasteiger partial charge < -0.3 is 0 Å². The van der Waals surface area contributed by atoms with Crippen molar-refractivity contribution in [2.45, 2.75) is 20.8 Å². The first-order valence-electron chi connectivity index (χ1n) is 7.86. The summed E-state index contributed by atoms with van der Waals surface area (Å²) in [6.07, 6.45) is 1.39. The summed E-state index contributed by atoms with van der Waals surface area (Å²) in [5.74, 6) is 0.897. The number of nitrogens with zero attached hydrogens (tertiary/aromatic N) is 6. The summed E-state index contributed by atoms with van der Waals surface area (Å²) >= 11 is 0. The van der Waals surface area contributed by atoms with Crippen LogP contribution < -0.4 is 5.43 Å². The van der Waals surface area contributed by atoms with Crippen LogP contribution in [0.4, 0.5) is 11.5 Å². The summed E-state index contributed by atoms with van der Waals surface area (Å²) in [5.41, 5.74) is 5.71. The summed E-state index contributed by atoms with van der Waals surface area (Å²) in [6.45, 7) is 5.66. The van der Waals surface area contributed by atoms with Crippen molar-refractivity contribution in [1.82, 2.24) is 19.7 Å². The van der Waals surface area contributed by atoms with E-state index in [9.17, 15) is 10.1 Å². The summed E-state index contributed by atoms with van der Waals surface area (Å²) in [7, 11) is 0. The number of hydrogen-bond acceptors (Lipinski definition) is 7. The number of nitro groups is 1. The maximum absolute atomic E-state index is 11.0. The number of para-hydroxylation sites is 1. The molecule has 0 saturated carbocycles. The van der Waals surface area contributed by atoms with Gasteiger partial charge in [-0.25, -0.2) is 9.67 Å². The van der Waals surface area contributed by atoms with Gasteiger partial charge in [0.25, 0.3) is 11.6 Å². The van der Waals surface area contributed by atoms with E-state index in [1.54, 1.807) is 28.9 Å². The van der Waals surface area contributed by atoms with Crippen LogP contribution >= 0.6 is 0 Å². The largest absolute Gasteiger partial charge is 0.278 e. The summed E-state index contributed by atoms with van der Waals surface area (Å²) in [4.78, 5) is 19.4. The zero-order valence-electron chi connectivity index (χ0n) is 14.5. The number of anilines is 1. The third-order valence-corrected chi connectivity index (χ3v) is 3.56. The van der Waals surface area contributed by atoms with Crippen molar-refractivity contribution in [3.05, 3.63) is 69.2 Å². The van der Waals surface area contributed by atoms with E-state index in [-0.39, 0.29) is 5.69 Å². The second-order valence-corrected chi connectivity index (χ2v) is 5.72. The molecule has 3 aromatic rings. The van der Waals surface area contributed by atoms with E-state index in [1.165, 1.54) is 12.3 Å². The average Bonchev–Trinajstić information content (AvgIpc) is 2.93. The maximum atomic E-state index is 11.0. The third-order valence-electron chi connectivity index (χ3n) is 3.56. The molecule has 9 heteroatoms. The SMILES string of the molecule is Cc1cc(N/N=C/c2ccccc2[N+](=O)[O-])nc(-n2nc(C)cc2C)n1. The topological polar surface area (TPSA) is 111 Å². The molecule has 2 heterocycles. The predicted octanol–water partition coefficient (Wildman–Crippen LogP) is 2.94. The second-order valence-electron chi connectivity index (χ2n) is 5.72. The maximum Gasteiger partial charge on any atom is 0.278 e. The van der Waals surface area contributed by atoms with Gasteiger partial charge in [0.05, 0.1) is 22.4 Å². The van der Waals surface area contributed by atoms with Crippen LogP contribution in [-0.2, 0) is 0 Å². The fourth-order valence-electron chi connectivity index (χ4n) is 2.47. The van der Waals surface area contributed by atoms with E-state index in [1.807, 2.05) is 26.8 Å². The minimum absolute atomic E-state index is 0.0137. The Balaban J connectivity index is 1.85. The lowest BCUT2D eigenvalue weighted by Crippen LogP contribution is -2.08. The molecule has 0 amide bonds. The van der Waals surface area contributed by atoms with Crippen LogP contribution in [0.1, 0.15) is 22.6 Å². The van der Waals surface area contributed by atoms with Crippen LogP contribution in [0.3, 0.4) is 0 Å². The van der Waals surface area contributed by atoms with Crippen molar-refractivity contribution in [1.29, 1.82) is 0 Å². The first-order valence-corrected chi connectivity index (χ1v) is 7.86. The molecule has 0 radical (unpaired) electrons. The standard InChI is InChI=1S/C17H17N7O2/c1-11-9-16(20-17(19-11)23-13(3)8-12(2)22-23)21-18-10-14-6-4-5-7-15(14)24(25)26/h4-10H,1-3H3,(H,19,20,21)/b18-10+. The summed E-state index contributed by atoms with van der Waals surface area (Å²) < 4.78 is 1.65. The fraction of sp³-hybridized carbons (Fsp3) is 0.176. The highest BCUT2D eigenvalue weighted by Crippen LogP contribution is 2.16. The Hall–Kier alpha value is -3.62. The van der Waals surface area contributed by atoms with E-state index >= 15 is 0 Å². The molecule has 0 aliphatic heterocycles. The predicted molar refractivity (Wildman–Crippen MR) is 97.7 cm³/mol. The third kappa shape index (κ3) is 3.72. The van der Waals surface area contributed by atoms with Gasteiger partial charge >= 0.3 is 0 Å². The number of hydrazone groups is 1. The van der Waals surface area contributed by atoms with Gasteiger partial charge in [0.15, 0.2) is 5.82 Å². The molecule has 0 unspecified atom stereocenters. The molecule has 0 fully saturated rings. The van der Waals surface area contributed by atoms with Crippen molar-refractivity contribution in [3.63, 3.8) is 0 Å². The van der Waals surface area contributed by atoms with E-state index in [0.717, 1.165) is 17.1 Å². The quantitative estimate of drug-likeness (QED) is 0.430. The molecule has 2 aromatic heterocycles. The van der Waals surface area contributed by atoms with Crippen LogP contribution in [0, 0.1) is 30.9 Å². The number of rotatable bonds is 5. The normalized spacial score (nSPS) is 11.0. The van der Waals surface area contributed by atoms with Gasteiger partial charge in [-0.2, -0.15) is 15.2 Å². The minimum Gasteiger partial charge on any atom is -0.261 e. The highest BCUT2D eigenvalue weighted by molar-refractivity contribution is 5.85. The smallest absolute Gasteiger partial charge is 0.261 e. The van der Waals surface area contributed by atoms with E-state index in [2.05, 4.69) is 25.6 Å². The summed E-state index contributed by atoms with van der Waals surface area (Å²) in [5, 5.41) is 19.5. The molecular formula is C17H17N7O2. The van der Waals surface area contributed by atoms with E-state index < -0.39 is 4.92 Å². The monoisotopic (exact) mass is 351 g/mol. The van der Waals surface area contributed by atoms with Gasteiger partial charge in [-0.05, 0) is 32.9 Å².